The maximum atomic E-state index is 12.0. The summed E-state index contributed by atoms with van der Waals surface area (Å²) in [5.74, 6) is 0.611. The highest BCUT2D eigenvalue weighted by atomic mass is 79.9. The van der Waals surface area contributed by atoms with Crippen molar-refractivity contribution >= 4 is 27.8 Å². The van der Waals surface area contributed by atoms with E-state index in [0.29, 0.717) is 31.7 Å². The Labute approximate surface area is 119 Å². The number of amides is 1. The van der Waals surface area contributed by atoms with Gasteiger partial charge in [0.25, 0.3) is 5.91 Å². The van der Waals surface area contributed by atoms with Crippen molar-refractivity contribution < 1.29 is 9.53 Å². The maximum absolute atomic E-state index is 12.0. The van der Waals surface area contributed by atoms with Gasteiger partial charge in [-0.1, -0.05) is 0 Å². The number of hydrogen-bond acceptors (Lipinski definition) is 5. The van der Waals surface area contributed by atoms with Crippen molar-refractivity contribution in [3.8, 4) is 0 Å². The summed E-state index contributed by atoms with van der Waals surface area (Å²) >= 11 is 3.31. The molecule has 1 amide bonds. The lowest BCUT2D eigenvalue weighted by molar-refractivity contribution is -0.133. The monoisotopic (exact) mass is 326 g/mol. The molecule has 1 aromatic heterocycles. The Morgan fingerprint density at radius 1 is 1.42 bits per heavy atom. The molecule has 7 heteroatoms. The van der Waals surface area contributed by atoms with Crippen molar-refractivity contribution in [2.75, 3.05) is 24.6 Å². The largest absolute Gasteiger partial charge is 0.365 e. The number of aromatic nitrogens is 2. The van der Waals surface area contributed by atoms with E-state index in [-0.39, 0.29) is 5.91 Å². The molecule has 1 aliphatic carbocycles. The molecule has 0 spiro atoms. The molecule has 2 heterocycles. The highest BCUT2D eigenvalue weighted by Gasteiger charge is 2.31. The van der Waals surface area contributed by atoms with Crippen molar-refractivity contribution in [2.24, 2.45) is 0 Å². The molecule has 1 aromatic rings. The summed E-state index contributed by atoms with van der Waals surface area (Å²) in [4.78, 5) is 22.4. The summed E-state index contributed by atoms with van der Waals surface area (Å²) in [6.07, 6.45) is 5.14. The molecule has 1 saturated carbocycles. The van der Waals surface area contributed by atoms with Gasteiger partial charge in [0, 0.05) is 25.0 Å². The van der Waals surface area contributed by atoms with E-state index in [2.05, 4.69) is 31.2 Å². The minimum atomic E-state index is -0.429. The third-order valence-electron chi connectivity index (χ3n) is 3.17. The van der Waals surface area contributed by atoms with Crippen LogP contribution in [0.3, 0.4) is 0 Å². The Kier molecular flexibility index (Phi) is 3.65. The molecule has 1 atom stereocenters. The highest BCUT2D eigenvalue weighted by molar-refractivity contribution is 9.10. The van der Waals surface area contributed by atoms with E-state index in [4.69, 9.17) is 4.74 Å². The Balaban J connectivity index is 1.63. The van der Waals surface area contributed by atoms with Crippen molar-refractivity contribution in [2.45, 2.75) is 25.0 Å². The standard InChI is InChI=1S/C12H15BrN4O2/c13-8-5-14-12(15-6-8)17-3-4-19-10(7-17)11(18)16-9-1-2-9/h5-6,9-10H,1-4,7H2,(H,16,18). The molecule has 19 heavy (non-hydrogen) atoms. The normalized spacial score (nSPS) is 23.2. The number of anilines is 1. The molecule has 1 saturated heterocycles. The first-order chi connectivity index (χ1) is 9.22. The van der Waals surface area contributed by atoms with Crippen LogP contribution in [0.2, 0.25) is 0 Å². The molecule has 1 aliphatic heterocycles. The molecule has 3 rings (SSSR count). The van der Waals surface area contributed by atoms with E-state index in [0.717, 1.165) is 17.3 Å². The number of halogens is 1. The first-order valence-electron chi connectivity index (χ1n) is 6.37. The van der Waals surface area contributed by atoms with Crippen LogP contribution < -0.4 is 10.2 Å². The number of carbonyl (C=O) groups excluding carboxylic acids is 1. The van der Waals surface area contributed by atoms with E-state index in [1.165, 1.54) is 0 Å². The van der Waals surface area contributed by atoms with Crippen LogP contribution in [-0.4, -0.2) is 47.7 Å². The highest BCUT2D eigenvalue weighted by Crippen LogP contribution is 2.20. The van der Waals surface area contributed by atoms with Gasteiger partial charge in [-0.05, 0) is 28.8 Å². The lowest BCUT2D eigenvalue weighted by Crippen LogP contribution is -2.50. The van der Waals surface area contributed by atoms with E-state index in [1.54, 1.807) is 12.4 Å². The topological polar surface area (TPSA) is 67.4 Å². The first kappa shape index (κ1) is 12.8. The zero-order valence-electron chi connectivity index (χ0n) is 10.4. The number of ether oxygens (including phenoxy) is 1. The van der Waals surface area contributed by atoms with Gasteiger partial charge in [-0.2, -0.15) is 0 Å². The van der Waals surface area contributed by atoms with E-state index >= 15 is 0 Å². The Hall–Kier alpha value is -1.21. The van der Waals surface area contributed by atoms with Gasteiger partial charge >= 0.3 is 0 Å². The number of morpholine rings is 1. The SMILES string of the molecule is O=C(NC1CC1)C1CN(c2ncc(Br)cn2)CCO1. The molecule has 6 nitrogen and oxygen atoms in total. The van der Waals surface area contributed by atoms with Crippen LogP contribution in [-0.2, 0) is 9.53 Å². The van der Waals surface area contributed by atoms with Crippen molar-refractivity contribution in [1.29, 1.82) is 0 Å². The summed E-state index contributed by atoms with van der Waals surface area (Å²) in [5, 5.41) is 2.97. The number of hydrogen-bond donors (Lipinski definition) is 1. The predicted molar refractivity (Wildman–Crippen MR) is 72.8 cm³/mol. The van der Waals surface area contributed by atoms with Gasteiger partial charge in [-0.3, -0.25) is 4.79 Å². The summed E-state index contributed by atoms with van der Waals surface area (Å²) < 4.78 is 6.37. The van der Waals surface area contributed by atoms with Gasteiger partial charge in [0.15, 0.2) is 6.10 Å². The second kappa shape index (κ2) is 5.42. The maximum Gasteiger partial charge on any atom is 0.251 e. The van der Waals surface area contributed by atoms with Gasteiger partial charge in [0.05, 0.1) is 17.6 Å². The molecule has 2 aliphatic rings. The Morgan fingerprint density at radius 3 is 2.84 bits per heavy atom. The average molecular weight is 327 g/mol. The molecule has 1 unspecified atom stereocenters. The molecule has 2 fully saturated rings. The fraction of sp³-hybridized carbons (Fsp3) is 0.583. The molecule has 0 radical (unpaired) electrons. The summed E-state index contributed by atoms with van der Waals surface area (Å²) in [6.45, 7) is 1.72. The number of carbonyl (C=O) groups is 1. The molecule has 1 N–H and O–H groups in total. The minimum Gasteiger partial charge on any atom is -0.365 e. The predicted octanol–water partition coefficient (Wildman–Crippen LogP) is 0.723. The van der Waals surface area contributed by atoms with Gasteiger partial charge in [-0.15, -0.1) is 0 Å². The minimum absolute atomic E-state index is 0.0238. The van der Waals surface area contributed by atoms with Crippen LogP contribution in [0.25, 0.3) is 0 Å². The van der Waals surface area contributed by atoms with E-state index in [9.17, 15) is 4.79 Å². The van der Waals surface area contributed by atoms with E-state index in [1.807, 2.05) is 4.90 Å². The molecular formula is C12H15BrN4O2. The zero-order chi connectivity index (χ0) is 13.2. The second-order valence-corrected chi connectivity index (χ2v) is 5.71. The lowest BCUT2D eigenvalue weighted by atomic mass is 10.2. The fourth-order valence-electron chi connectivity index (χ4n) is 1.98. The van der Waals surface area contributed by atoms with Gasteiger partial charge in [-0.25, -0.2) is 9.97 Å². The van der Waals surface area contributed by atoms with Crippen LogP contribution in [0.1, 0.15) is 12.8 Å². The van der Waals surface area contributed by atoms with Crippen molar-refractivity contribution in [1.82, 2.24) is 15.3 Å². The Bertz CT molecular complexity index is 463. The zero-order valence-corrected chi connectivity index (χ0v) is 12.0. The van der Waals surface area contributed by atoms with Crippen molar-refractivity contribution in [3.63, 3.8) is 0 Å². The Morgan fingerprint density at radius 2 is 2.16 bits per heavy atom. The van der Waals surface area contributed by atoms with Crippen LogP contribution in [0, 0.1) is 0 Å². The fourth-order valence-corrected chi connectivity index (χ4v) is 2.18. The summed E-state index contributed by atoms with van der Waals surface area (Å²) in [5.41, 5.74) is 0. The molecule has 0 bridgehead atoms. The number of rotatable bonds is 3. The summed E-state index contributed by atoms with van der Waals surface area (Å²) in [7, 11) is 0. The quantitative estimate of drug-likeness (QED) is 0.886. The van der Waals surface area contributed by atoms with Crippen molar-refractivity contribution in [3.05, 3.63) is 16.9 Å². The first-order valence-corrected chi connectivity index (χ1v) is 7.16. The third kappa shape index (κ3) is 3.22. The van der Waals surface area contributed by atoms with Gasteiger partial charge in [0.1, 0.15) is 0 Å². The number of nitrogens with one attached hydrogen (secondary N) is 1. The summed E-state index contributed by atoms with van der Waals surface area (Å²) in [6, 6.07) is 0.357. The van der Waals surface area contributed by atoms with Gasteiger partial charge < -0.3 is 15.0 Å². The lowest BCUT2D eigenvalue weighted by Gasteiger charge is -2.32. The molecule has 0 aromatic carbocycles. The van der Waals surface area contributed by atoms with Crippen LogP contribution in [0.4, 0.5) is 5.95 Å². The molecular weight excluding hydrogens is 312 g/mol. The van der Waals surface area contributed by atoms with Crippen LogP contribution in [0.5, 0.6) is 0 Å². The van der Waals surface area contributed by atoms with E-state index < -0.39 is 6.10 Å². The third-order valence-corrected chi connectivity index (χ3v) is 3.58. The second-order valence-electron chi connectivity index (χ2n) is 4.79. The van der Waals surface area contributed by atoms with Gasteiger partial charge in [0.2, 0.25) is 5.95 Å². The smallest absolute Gasteiger partial charge is 0.251 e. The molecule has 102 valence electrons. The average Bonchev–Trinajstić information content (AvgIpc) is 3.24. The van der Waals surface area contributed by atoms with Crippen LogP contribution in [0.15, 0.2) is 16.9 Å². The van der Waals surface area contributed by atoms with Crippen LogP contribution >= 0.6 is 15.9 Å². The number of nitrogens with zero attached hydrogens (tertiary/aromatic N) is 3.